The van der Waals surface area contributed by atoms with Gasteiger partial charge in [-0.15, -0.1) is 0 Å². The first-order chi connectivity index (χ1) is 10.3. The minimum atomic E-state index is -0.476. The molecule has 2 atom stereocenters. The number of ether oxygens (including phenoxy) is 1. The molecule has 2 bridgehead atoms. The van der Waals surface area contributed by atoms with Gasteiger partial charge in [0, 0.05) is 0 Å². The molecule has 5 rings (SSSR count). The number of hydrogen-bond acceptors (Lipinski definition) is 3. The van der Waals surface area contributed by atoms with Crippen molar-refractivity contribution in [2.75, 3.05) is 13.2 Å². The minimum Gasteiger partial charge on any atom is -0.374 e. The van der Waals surface area contributed by atoms with Crippen molar-refractivity contribution in [1.29, 1.82) is 0 Å². The van der Waals surface area contributed by atoms with E-state index in [-0.39, 0.29) is 0 Å². The van der Waals surface area contributed by atoms with Crippen LogP contribution in [-0.4, -0.2) is 13.2 Å². The lowest BCUT2D eigenvalue weighted by atomic mass is 9.82. The third kappa shape index (κ3) is 2.09. The van der Waals surface area contributed by atoms with E-state index in [4.69, 9.17) is 14.5 Å². The number of benzene rings is 2. The fraction of sp³-hybridized carbons (Fsp3) is 0.333. The first-order valence-electron chi connectivity index (χ1n) is 7.39. The Balaban J connectivity index is 1.67. The quantitative estimate of drug-likeness (QED) is 0.788. The van der Waals surface area contributed by atoms with E-state index in [0.29, 0.717) is 13.2 Å². The third-order valence-corrected chi connectivity index (χ3v) is 4.56. The summed E-state index contributed by atoms with van der Waals surface area (Å²) in [6.45, 7) is 1.07. The smallest absolute Gasteiger partial charge is 0.152 e. The van der Waals surface area contributed by atoms with E-state index < -0.39 is 11.2 Å². The van der Waals surface area contributed by atoms with Gasteiger partial charge in [0.05, 0.1) is 13.2 Å². The molecule has 0 amide bonds. The fourth-order valence-corrected chi connectivity index (χ4v) is 3.26. The first-order valence-corrected chi connectivity index (χ1v) is 7.39. The molecule has 3 heterocycles. The first kappa shape index (κ1) is 13.0. The Hall–Kier alpha value is -1.68. The maximum Gasteiger partial charge on any atom is 0.152 e. The molecule has 3 saturated heterocycles. The van der Waals surface area contributed by atoms with Gasteiger partial charge in [-0.1, -0.05) is 60.7 Å². The summed E-state index contributed by atoms with van der Waals surface area (Å²) in [5, 5.41) is 0. The summed E-state index contributed by atoms with van der Waals surface area (Å²) >= 11 is 0. The zero-order chi connectivity index (χ0) is 14.2. The van der Waals surface area contributed by atoms with Gasteiger partial charge in [0.15, 0.2) is 11.2 Å². The van der Waals surface area contributed by atoms with Gasteiger partial charge < -0.3 is 4.74 Å². The third-order valence-electron chi connectivity index (χ3n) is 4.56. The zero-order valence-electron chi connectivity index (χ0n) is 11.8. The van der Waals surface area contributed by atoms with E-state index in [0.717, 1.165) is 24.0 Å². The summed E-state index contributed by atoms with van der Waals surface area (Å²) in [5.74, 6) is 0. The average molecular weight is 282 g/mol. The normalized spacial score (nSPS) is 31.8. The lowest BCUT2D eigenvalue weighted by Gasteiger charge is -2.40. The van der Waals surface area contributed by atoms with Crippen LogP contribution in [0.5, 0.6) is 0 Å². The SMILES string of the molecule is c1ccc([C@]23CC[C@@](c4ccccc4)(COC2)OO3)cc1. The summed E-state index contributed by atoms with van der Waals surface area (Å²) in [6.07, 6.45) is 1.79. The molecule has 2 aromatic rings. The Morgan fingerprint density at radius 2 is 1.05 bits per heavy atom. The highest BCUT2D eigenvalue weighted by molar-refractivity contribution is 5.27. The fourth-order valence-electron chi connectivity index (χ4n) is 3.26. The van der Waals surface area contributed by atoms with E-state index in [1.807, 2.05) is 36.4 Å². The lowest BCUT2D eigenvalue weighted by molar-refractivity contribution is -0.438. The molecule has 21 heavy (non-hydrogen) atoms. The molecule has 0 aliphatic carbocycles. The van der Waals surface area contributed by atoms with Gasteiger partial charge in [0.1, 0.15) is 0 Å². The largest absolute Gasteiger partial charge is 0.374 e. The second-order valence-corrected chi connectivity index (χ2v) is 5.88. The standard InChI is InChI=1S/C18H18O3/c1-3-7-15(8-4-1)17-11-12-18(21-20-17,14-19-13-17)16-9-5-2-6-10-16/h1-10H,11-14H2/t17-,18-/m0/s1. The molecule has 2 aromatic carbocycles. The van der Waals surface area contributed by atoms with Crippen molar-refractivity contribution >= 4 is 0 Å². The van der Waals surface area contributed by atoms with Gasteiger partial charge in [0.25, 0.3) is 0 Å². The van der Waals surface area contributed by atoms with Crippen LogP contribution in [0.4, 0.5) is 0 Å². The molecule has 3 aliphatic rings. The van der Waals surface area contributed by atoms with Crippen molar-refractivity contribution < 1.29 is 14.5 Å². The molecule has 0 saturated carbocycles. The van der Waals surface area contributed by atoms with Crippen LogP contribution in [0.2, 0.25) is 0 Å². The van der Waals surface area contributed by atoms with Crippen LogP contribution in [0.3, 0.4) is 0 Å². The zero-order valence-corrected chi connectivity index (χ0v) is 11.8. The van der Waals surface area contributed by atoms with E-state index >= 15 is 0 Å². The van der Waals surface area contributed by atoms with Crippen molar-refractivity contribution in [1.82, 2.24) is 0 Å². The molecule has 0 N–H and O–H groups in total. The van der Waals surface area contributed by atoms with Gasteiger partial charge in [-0.05, 0) is 24.0 Å². The van der Waals surface area contributed by atoms with Crippen LogP contribution >= 0.6 is 0 Å². The highest BCUT2D eigenvalue weighted by Gasteiger charge is 2.51. The Morgan fingerprint density at radius 3 is 1.43 bits per heavy atom. The van der Waals surface area contributed by atoms with Crippen molar-refractivity contribution in [3.63, 3.8) is 0 Å². The number of hydrogen-bond donors (Lipinski definition) is 0. The average Bonchev–Trinajstić information content (AvgIpc) is 2.89. The van der Waals surface area contributed by atoms with Crippen molar-refractivity contribution in [3.05, 3.63) is 71.8 Å². The molecular weight excluding hydrogens is 264 g/mol. The van der Waals surface area contributed by atoms with Crippen LogP contribution in [0.1, 0.15) is 24.0 Å². The van der Waals surface area contributed by atoms with Gasteiger partial charge in [0.2, 0.25) is 0 Å². The summed E-state index contributed by atoms with van der Waals surface area (Å²) < 4.78 is 5.95. The molecule has 0 spiro atoms. The van der Waals surface area contributed by atoms with Crippen molar-refractivity contribution in [3.8, 4) is 0 Å². The van der Waals surface area contributed by atoms with Gasteiger partial charge in [-0.25, -0.2) is 9.78 Å². The predicted molar refractivity (Wildman–Crippen MR) is 78.5 cm³/mol. The lowest BCUT2D eigenvalue weighted by Crippen LogP contribution is -2.43. The molecule has 3 nitrogen and oxygen atoms in total. The van der Waals surface area contributed by atoms with Crippen LogP contribution < -0.4 is 0 Å². The molecule has 3 fully saturated rings. The van der Waals surface area contributed by atoms with Crippen molar-refractivity contribution in [2.24, 2.45) is 0 Å². The predicted octanol–water partition coefficient (Wildman–Crippen LogP) is 3.55. The van der Waals surface area contributed by atoms with Crippen LogP contribution in [-0.2, 0) is 25.7 Å². The Bertz CT molecular complexity index is 545. The van der Waals surface area contributed by atoms with E-state index in [1.165, 1.54) is 0 Å². The van der Waals surface area contributed by atoms with E-state index in [9.17, 15) is 0 Å². The van der Waals surface area contributed by atoms with E-state index in [1.54, 1.807) is 0 Å². The van der Waals surface area contributed by atoms with Gasteiger partial charge >= 0.3 is 0 Å². The summed E-state index contributed by atoms with van der Waals surface area (Å²) in [5.41, 5.74) is 1.29. The maximum absolute atomic E-state index is 5.95. The van der Waals surface area contributed by atoms with Crippen molar-refractivity contribution in [2.45, 2.75) is 24.0 Å². The molecule has 0 radical (unpaired) electrons. The number of rotatable bonds is 2. The molecule has 3 aliphatic heterocycles. The van der Waals surface area contributed by atoms with Gasteiger partial charge in [-0.2, -0.15) is 0 Å². The van der Waals surface area contributed by atoms with Crippen LogP contribution in [0, 0.1) is 0 Å². The Morgan fingerprint density at radius 1 is 0.619 bits per heavy atom. The number of fused-ring (bicyclic) bond motifs is 4. The summed E-state index contributed by atoms with van der Waals surface area (Å²) in [7, 11) is 0. The maximum atomic E-state index is 5.95. The molecule has 3 heteroatoms. The molecular formula is C18H18O3. The minimum absolute atomic E-state index is 0.476. The Kier molecular flexibility index (Phi) is 3.07. The molecule has 0 unspecified atom stereocenters. The van der Waals surface area contributed by atoms with Gasteiger partial charge in [-0.3, -0.25) is 0 Å². The highest BCUT2D eigenvalue weighted by atomic mass is 17.2. The molecule has 0 aromatic heterocycles. The molecule has 108 valence electrons. The second-order valence-electron chi connectivity index (χ2n) is 5.88. The Labute approximate surface area is 124 Å². The van der Waals surface area contributed by atoms with Crippen LogP contribution in [0.15, 0.2) is 60.7 Å². The monoisotopic (exact) mass is 282 g/mol. The van der Waals surface area contributed by atoms with E-state index in [2.05, 4.69) is 24.3 Å². The highest BCUT2D eigenvalue weighted by Crippen LogP contribution is 2.47. The second kappa shape index (κ2) is 4.95. The summed E-state index contributed by atoms with van der Waals surface area (Å²) in [4.78, 5) is 11.8. The topological polar surface area (TPSA) is 27.7 Å². The summed E-state index contributed by atoms with van der Waals surface area (Å²) in [6, 6.07) is 20.4. The van der Waals surface area contributed by atoms with Crippen LogP contribution in [0.25, 0.3) is 0 Å².